The second-order valence-corrected chi connectivity index (χ2v) is 5.82. The molecule has 1 atom stereocenters. The molecule has 2 rings (SSSR count). The Labute approximate surface area is 127 Å². The van der Waals surface area contributed by atoms with Crippen molar-refractivity contribution < 1.29 is 4.74 Å². The van der Waals surface area contributed by atoms with E-state index in [1.54, 1.807) is 0 Å². The lowest BCUT2D eigenvalue weighted by atomic mass is 9.85. The van der Waals surface area contributed by atoms with Gasteiger partial charge in [0.25, 0.3) is 0 Å². The summed E-state index contributed by atoms with van der Waals surface area (Å²) in [5.74, 6) is 2.25. The van der Waals surface area contributed by atoms with E-state index < -0.39 is 0 Å². The maximum atomic E-state index is 6.01. The van der Waals surface area contributed by atoms with Crippen LogP contribution in [0.3, 0.4) is 0 Å². The summed E-state index contributed by atoms with van der Waals surface area (Å²) in [6, 6.07) is 8.07. The molecule has 21 heavy (non-hydrogen) atoms. The van der Waals surface area contributed by atoms with Crippen LogP contribution in [0, 0.1) is 12.8 Å². The molecule has 1 aromatic rings. The number of ether oxygens (including phenoxy) is 1. The first-order chi connectivity index (χ1) is 10.2. The number of nitrogens with two attached hydrogens (primary N) is 1. The number of para-hydroxylation sites is 1. The molecule has 0 spiro atoms. The first-order valence-electron chi connectivity index (χ1n) is 7.95. The Morgan fingerprint density at radius 2 is 2.19 bits per heavy atom. The van der Waals surface area contributed by atoms with Crippen molar-refractivity contribution in [3.05, 3.63) is 29.8 Å². The summed E-state index contributed by atoms with van der Waals surface area (Å²) in [5, 5.41) is 3.21. The minimum Gasteiger partial charge on any atom is -0.488 e. The van der Waals surface area contributed by atoms with Gasteiger partial charge < -0.3 is 15.8 Å². The molecule has 1 fully saturated rings. The Kier molecular flexibility index (Phi) is 5.90. The molecule has 0 aromatic heterocycles. The van der Waals surface area contributed by atoms with Gasteiger partial charge in [0.15, 0.2) is 5.96 Å². The number of rotatable bonds is 7. The first kappa shape index (κ1) is 15.7. The van der Waals surface area contributed by atoms with Gasteiger partial charge >= 0.3 is 0 Å². The molecule has 1 unspecified atom stereocenters. The summed E-state index contributed by atoms with van der Waals surface area (Å²) in [4.78, 5) is 4.41. The predicted octanol–water partition coefficient (Wildman–Crippen LogP) is 2.86. The van der Waals surface area contributed by atoms with Gasteiger partial charge in [-0.3, -0.25) is 0 Å². The molecule has 4 nitrogen and oxygen atoms in total. The smallest absolute Gasteiger partial charge is 0.188 e. The van der Waals surface area contributed by atoms with Crippen molar-refractivity contribution in [3.63, 3.8) is 0 Å². The molecule has 1 aliphatic carbocycles. The van der Waals surface area contributed by atoms with Crippen molar-refractivity contribution in [2.75, 3.05) is 13.1 Å². The van der Waals surface area contributed by atoms with Crippen molar-refractivity contribution >= 4 is 5.96 Å². The van der Waals surface area contributed by atoms with Gasteiger partial charge in [-0.05, 0) is 43.7 Å². The van der Waals surface area contributed by atoms with Gasteiger partial charge in [-0.25, -0.2) is 4.99 Å². The molecular formula is C17H27N3O. The molecule has 0 saturated heterocycles. The maximum absolute atomic E-state index is 6.01. The van der Waals surface area contributed by atoms with Crippen LogP contribution in [0.5, 0.6) is 5.75 Å². The summed E-state index contributed by atoms with van der Waals surface area (Å²) in [6.07, 6.45) is 4.96. The van der Waals surface area contributed by atoms with Crippen LogP contribution in [-0.2, 0) is 0 Å². The molecule has 3 N–H and O–H groups in total. The number of nitrogens with one attached hydrogen (secondary N) is 1. The highest BCUT2D eigenvalue weighted by atomic mass is 16.5. The van der Waals surface area contributed by atoms with Gasteiger partial charge in [0.1, 0.15) is 11.9 Å². The van der Waals surface area contributed by atoms with Crippen molar-refractivity contribution in [2.24, 2.45) is 16.6 Å². The zero-order chi connectivity index (χ0) is 15.1. The largest absolute Gasteiger partial charge is 0.488 e. The van der Waals surface area contributed by atoms with Crippen LogP contribution in [0.15, 0.2) is 29.3 Å². The summed E-state index contributed by atoms with van der Waals surface area (Å²) in [6.45, 7) is 5.70. The Hall–Kier alpha value is -1.71. The van der Waals surface area contributed by atoms with E-state index in [9.17, 15) is 0 Å². The number of guanidine groups is 1. The third-order valence-electron chi connectivity index (χ3n) is 4.10. The quantitative estimate of drug-likeness (QED) is 0.599. The number of hydrogen-bond donors (Lipinski definition) is 2. The van der Waals surface area contributed by atoms with E-state index in [-0.39, 0.29) is 6.10 Å². The highest BCUT2D eigenvalue weighted by Gasteiger charge is 2.17. The van der Waals surface area contributed by atoms with Crippen molar-refractivity contribution in [1.82, 2.24) is 5.32 Å². The number of benzene rings is 1. The van der Waals surface area contributed by atoms with Crippen LogP contribution in [0.1, 0.15) is 38.2 Å². The lowest BCUT2D eigenvalue weighted by Crippen LogP contribution is -2.38. The molecule has 0 bridgehead atoms. The molecule has 1 aliphatic rings. The number of nitrogens with zero attached hydrogens (tertiary/aromatic N) is 1. The SMILES string of the molecule is CCC(CN=C(N)NCC1CCC1)Oc1ccccc1C. The molecule has 116 valence electrons. The molecule has 1 aromatic carbocycles. The van der Waals surface area contributed by atoms with E-state index in [1.165, 1.54) is 19.3 Å². The lowest BCUT2D eigenvalue weighted by Gasteiger charge is -2.25. The fraction of sp³-hybridized carbons (Fsp3) is 0.588. The van der Waals surface area contributed by atoms with Gasteiger partial charge in [0, 0.05) is 6.54 Å². The van der Waals surface area contributed by atoms with Gasteiger partial charge in [-0.15, -0.1) is 0 Å². The second-order valence-electron chi connectivity index (χ2n) is 5.82. The van der Waals surface area contributed by atoms with Crippen LogP contribution < -0.4 is 15.8 Å². The van der Waals surface area contributed by atoms with Crippen molar-refractivity contribution in [1.29, 1.82) is 0 Å². The van der Waals surface area contributed by atoms with Crippen LogP contribution in [0.2, 0.25) is 0 Å². The van der Waals surface area contributed by atoms with Gasteiger partial charge in [-0.1, -0.05) is 31.5 Å². The van der Waals surface area contributed by atoms with Crippen LogP contribution >= 0.6 is 0 Å². The van der Waals surface area contributed by atoms with Gasteiger partial charge in [-0.2, -0.15) is 0 Å². The van der Waals surface area contributed by atoms with Gasteiger partial charge in [0.05, 0.1) is 6.54 Å². The molecule has 1 saturated carbocycles. The molecular weight excluding hydrogens is 262 g/mol. The average Bonchev–Trinajstić information content (AvgIpc) is 2.43. The van der Waals surface area contributed by atoms with E-state index >= 15 is 0 Å². The predicted molar refractivity (Wildman–Crippen MR) is 87.7 cm³/mol. The van der Waals surface area contributed by atoms with Gasteiger partial charge in [0.2, 0.25) is 0 Å². The topological polar surface area (TPSA) is 59.6 Å². The van der Waals surface area contributed by atoms with E-state index in [2.05, 4.69) is 30.2 Å². The normalized spacial score (nSPS) is 17.1. The Balaban J connectivity index is 1.79. The van der Waals surface area contributed by atoms with Crippen molar-refractivity contribution in [2.45, 2.75) is 45.6 Å². The lowest BCUT2D eigenvalue weighted by molar-refractivity contribution is 0.204. The van der Waals surface area contributed by atoms with Crippen molar-refractivity contribution in [3.8, 4) is 5.75 Å². The molecule has 0 heterocycles. The standard InChI is InChI=1S/C17H27N3O/c1-3-15(21-16-10-5-4-7-13(16)2)12-20-17(18)19-11-14-8-6-9-14/h4-5,7,10,14-15H,3,6,8-9,11-12H2,1-2H3,(H3,18,19,20). The summed E-state index contributed by atoms with van der Waals surface area (Å²) < 4.78 is 6.01. The second kappa shape index (κ2) is 7.91. The average molecular weight is 289 g/mol. The monoisotopic (exact) mass is 289 g/mol. The van der Waals surface area contributed by atoms with Crippen LogP contribution in [0.4, 0.5) is 0 Å². The molecule has 4 heteroatoms. The van der Waals surface area contributed by atoms with Crippen LogP contribution in [-0.4, -0.2) is 25.2 Å². The van der Waals surface area contributed by atoms with E-state index in [0.29, 0.717) is 12.5 Å². The zero-order valence-corrected chi connectivity index (χ0v) is 13.1. The number of aryl methyl sites for hydroxylation is 1. The highest BCUT2D eigenvalue weighted by molar-refractivity contribution is 5.77. The fourth-order valence-corrected chi connectivity index (χ4v) is 2.32. The number of aliphatic imine (C=N–C) groups is 1. The highest BCUT2D eigenvalue weighted by Crippen LogP contribution is 2.25. The molecule has 0 radical (unpaired) electrons. The Morgan fingerprint density at radius 3 is 2.81 bits per heavy atom. The Morgan fingerprint density at radius 1 is 1.43 bits per heavy atom. The van der Waals surface area contributed by atoms with E-state index in [0.717, 1.165) is 30.2 Å². The minimum absolute atomic E-state index is 0.0650. The Bertz CT molecular complexity index is 469. The maximum Gasteiger partial charge on any atom is 0.188 e. The fourth-order valence-electron chi connectivity index (χ4n) is 2.32. The summed E-state index contributed by atoms with van der Waals surface area (Å²) >= 11 is 0. The summed E-state index contributed by atoms with van der Waals surface area (Å²) in [7, 11) is 0. The summed E-state index contributed by atoms with van der Waals surface area (Å²) in [5.41, 5.74) is 7.06. The van der Waals surface area contributed by atoms with E-state index in [4.69, 9.17) is 10.5 Å². The third-order valence-corrected chi connectivity index (χ3v) is 4.10. The minimum atomic E-state index is 0.0650. The van der Waals surface area contributed by atoms with Crippen LogP contribution in [0.25, 0.3) is 0 Å². The molecule has 0 aliphatic heterocycles. The first-order valence-corrected chi connectivity index (χ1v) is 7.95. The number of hydrogen-bond acceptors (Lipinski definition) is 2. The molecule has 0 amide bonds. The third kappa shape index (κ3) is 4.96. The van der Waals surface area contributed by atoms with E-state index in [1.807, 2.05) is 18.2 Å². The zero-order valence-electron chi connectivity index (χ0n) is 13.1.